The number of hydrogen-bond donors (Lipinski definition) is 1. The number of amides is 1. The van der Waals surface area contributed by atoms with Crippen molar-refractivity contribution in [3.05, 3.63) is 88.5 Å². The summed E-state index contributed by atoms with van der Waals surface area (Å²) in [6.45, 7) is 2.90. The van der Waals surface area contributed by atoms with E-state index in [1.165, 1.54) is 22.7 Å². The molecule has 4 aromatic rings. The zero-order valence-electron chi connectivity index (χ0n) is 19.7. The number of halogens is 2. The van der Waals surface area contributed by atoms with Crippen molar-refractivity contribution in [2.45, 2.75) is 30.1 Å². The summed E-state index contributed by atoms with van der Waals surface area (Å²) in [5.41, 5.74) is 4.73. The lowest BCUT2D eigenvalue weighted by Crippen LogP contribution is -2.45. The van der Waals surface area contributed by atoms with Crippen molar-refractivity contribution in [1.82, 2.24) is 14.3 Å². The molecule has 1 saturated heterocycles. The molecule has 0 aliphatic carbocycles. The molecule has 0 spiro atoms. The largest absolute Gasteiger partial charge is 0.465 e. The van der Waals surface area contributed by atoms with Crippen LogP contribution in [0.4, 0.5) is 9.18 Å². The third kappa shape index (κ3) is 5.21. The van der Waals surface area contributed by atoms with Crippen LogP contribution in [0.1, 0.15) is 16.8 Å². The molecular formula is C27H25ClFN3O3S. The molecule has 1 aliphatic rings. The molecule has 5 rings (SSSR count). The Labute approximate surface area is 217 Å². The second-order valence-corrected chi connectivity index (χ2v) is 10.2. The standard InChI is InChI=1S/C27H25ClFN3O3S/c1-17-7-8-32-23(12-19-15-31(27(33)34)9-10-35-19)26(30-25(32)11-17)20-13-22(29)24(14-21(20)28)36-16-18-5-3-2-4-6-18/h2-8,11,13-14,19H,9-10,12,15-16H2,1H3,(H,33,34)/t19-/m0/s1. The predicted molar refractivity (Wildman–Crippen MR) is 139 cm³/mol. The molecule has 9 heteroatoms. The molecule has 1 fully saturated rings. The molecule has 1 amide bonds. The zero-order valence-corrected chi connectivity index (χ0v) is 21.2. The van der Waals surface area contributed by atoms with Gasteiger partial charge in [0.15, 0.2) is 0 Å². The van der Waals surface area contributed by atoms with E-state index in [4.69, 9.17) is 21.3 Å². The van der Waals surface area contributed by atoms with Crippen LogP contribution in [0.25, 0.3) is 16.9 Å². The van der Waals surface area contributed by atoms with Gasteiger partial charge in [-0.15, -0.1) is 11.8 Å². The first-order valence-corrected chi connectivity index (χ1v) is 13.0. The van der Waals surface area contributed by atoms with Gasteiger partial charge in [0.25, 0.3) is 0 Å². The van der Waals surface area contributed by atoms with Gasteiger partial charge >= 0.3 is 6.09 Å². The van der Waals surface area contributed by atoms with Crippen molar-refractivity contribution in [2.75, 3.05) is 19.7 Å². The van der Waals surface area contributed by atoms with Crippen LogP contribution in [0.5, 0.6) is 0 Å². The molecule has 6 nitrogen and oxygen atoms in total. The highest BCUT2D eigenvalue weighted by atomic mass is 35.5. The summed E-state index contributed by atoms with van der Waals surface area (Å²) >= 11 is 8.10. The Morgan fingerprint density at radius 3 is 2.83 bits per heavy atom. The van der Waals surface area contributed by atoms with E-state index in [2.05, 4.69) is 0 Å². The quantitative estimate of drug-likeness (QED) is 0.298. The number of rotatable bonds is 6. The molecule has 1 atom stereocenters. The number of morpholine rings is 1. The third-order valence-electron chi connectivity index (χ3n) is 6.22. The smallest absolute Gasteiger partial charge is 0.407 e. The Balaban J connectivity index is 1.49. The Bertz CT molecular complexity index is 1410. The first-order valence-electron chi connectivity index (χ1n) is 11.6. The minimum atomic E-state index is -0.967. The second-order valence-electron chi connectivity index (χ2n) is 8.80. The lowest BCUT2D eigenvalue weighted by Gasteiger charge is -2.31. The van der Waals surface area contributed by atoms with Gasteiger partial charge in [-0.3, -0.25) is 0 Å². The lowest BCUT2D eigenvalue weighted by molar-refractivity contribution is -0.0214. The number of benzene rings is 2. The van der Waals surface area contributed by atoms with E-state index in [0.717, 1.165) is 16.8 Å². The van der Waals surface area contributed by atoms with Gasteiger partial charge < -0.3 is 19.1 Å². The fraction of sp³-hybridized carbons (Fsp3) is 0.259. The molecule has 2 aromatic carbocycles. The fourth-order valence-electron chi connectivity index (χ4n) is 4.40. The average Bonchev–Trinajstić information content (AvgIpc) is 3.21. The van der Waals surface area contributed by atoms with Gasteiger partial charge in [-0.2, -0.15) is 0 Å². The normalized spacial score (nSPS) is 16.0. The molecule has 0 saturated carbocycles. The number of carboxylic acid groups (broad SMARTS) is 1. The van der Waals surface area contributed by atoms with E-state index in [1.54, 1.807) is 6.07 Å². The number of hydrogen-bond acceptors (Lipinski definition) is 4. The Kier molecular flexibility index (Phi) is 7.18. The van der Waals surface area contributed by atoms with E-state index >= 15 is 4.39 Å². The average molecular weight is 526 g/mol. The van der Waals surface area contributed by atoms with E-state index in [-0.39, 0.29) is 18.5 Å². The SMILES string of the molecule is Cc1ccn2c(C[C@H]3CN(C(=O)O)CCO3)c(-c3cc(F)c(SCc4ccccc4)cc3Cl)nc2c1. The molecule has 0 radical (unpaired) electrons. The fourth-order valence-corrected chi connectivity index (χ4v) is 5.63. The van der Waals surface area contributed by atoms with Gasteiger partial charge in [-0.05, 0) is 42.3 Å². The van der Waals surface area contributed by atoms with Gasteiger partial charge in [-0.1, -0.05) is 41.9 Å². The minimum Gasteiger partial charge on any atom is -0.465 e. The third-order valence-corrected chi connectivity index (χ3v) is 7.64. The first kappa shape index (κ1) is 24.6. The Morgan fingerprint density at radius 2 is 2.06 bits per heavy atom. The van der Waals surface area contributed by atoms with Gasteiger partial charge in [0.2, 0.25) is 0 Å². The Hall–Kier alpha value is -3.07. The summed E-state index contributed by atoms with van der Waals surface area (Å²) in [6, 6.07) is 16.9. The van der Waals surface area contributed by atoms with Crippen molar-refractivity contribution < 1.29 is 19.0 Å². The van der Waals surface area contributed by atoms with Crippen LogP contribution >= 0.6 is 23.4 Å². The second kappa shape index (κ2) is 10.5. The van der Waals surface area contributed by atoms with Gasteiger partial charge in [0, 0.05) is 35.4 Å². The lowest BCUT2D eigenvalue weighted by atomic mass is 10.0. The first-order chi connectivity index (χ1) is 17.4. The van der Waals surface area contributed by atoms with Crippen molar-refractivity contribution >= 4 is 35.1 Å². The minimum absolute atomic E-state index is 0.255. The van der Waals surface area contributed by atoms with Crippen LogP contribution < -0.4 is 0 Å². The monoisotopic (exact) mass is 525 g/mol. The van der Waals surface area contributed by atoms with Crippen molar-refractivity contribution in [3.63, 3.8) is 0 Å². The molecule has 36 heavy (non-hydrogen) atoms. The maximum atomic E-state index is 15.3. The van der Waals surface area contributed by atoms with E-state index in [0.29, 0.717) is 52.1 Å². The number of thioether (sulfide) groups is 1. The van der Waals surface area contributed by atoms with Crippen LogP contribution in [0.2, 0.25) is 5.02 Å². The summed E-state index contributed by atoms with van der Waals surface area (Å²) in [5, 5.41) is 9.83. The number of aromatic nitrogens is 2. The van der Waals surface area contributed by atoms with Crippen LogP contribution in [-0.4, -0.2) is 51.3 Å². The maximum Gasteiger partial charge on any atom is 0.407 e. The van der Waals surface area contributed by atoms with Crippen molar-refractivity contribution in [1.29, 1.82) is 0 Å². The number of nitrogens with zero attached hydrogens (tertiary/aromatic N) is 3. The van der Waals surface area contributed by atoms with E-state index in [1.807, 2.05) is 60.0 Å². The Morgan fingerprint density at radius 1 is 1.25 bits per heavy atom. The number of imidazole rings is 1. The molecule has 0 bridgehead atoms. The maximum absolute atomic E-state index is 15.3. The summed E-state index contributed by atoms with van der Waals surface area (Å²) in [6.07, 6.45) is 1.01. The number of carbonyl (C=O) groups is 1. The van der Waals surface area contributed by atoms with Crippen molar-refractivity contribution in [2.24, 2.45) is 0 Å². The molecule has 0 unspecified atom stereocenters. The van der Waals surface area contributed by atoms with Crippen LogP contribution in [0.3, 0.4) is 0 Å². The number of aryl methyl sites for hydroxylation is 1. The van der Waals surface area contributed by atoms with Crippen molar-refractivity contribution in [3.8, 4) is 11.3 Å². The summed E-state index contributed by atoms with van der Waals surface area (Å²) in [5.74, 6) is 0.270. The summed E-state index contributed by atoms with van der Waals surface area (Å²) < 4.78 is 23.1. The molecular weight excluding hydrogens is 501 g/mol. The van der Waals surface area contributed by atoms with Crippen LogP contribution in [-0.2, 0) is 16.9 Å². The molecule has 186 valence electrons. The van der Waals surface area contributed by atoms with E-state index < -0.39 is 6.09 Å². The summed E-state index contributed by atoms with van der Waals surface area (Å²) in [4.78, 5) is 18.1. The number of ether oxygens (including phenoxy) is 1. The summed E-state index contributed by atoms with van der Waals surface area (Å²) in [7, 11) is 0. The van der Waals surface area contributed by atoms with E-state index in [9.17, 15) is 9.90 Å². The number of fused-ring (bicyclic) bond motifs is 1. The van der Waals surface area contributed by atoms with Gasteiger partial charge in [0.1, 0.15) is 11.5 Å². The van der Waals surface area contributed by atoms with Gasteiger partial charge in [-0.25, -0.2) is 14.2 Å². The molecule has 2 aromatic heterocycles. The topological polar surface area (TPSA) is 67.1 Å². The highest BCUT2D eigenvalue weighted by Crippen LogP contribution is 2.37. The predicted octanol–water partition coefficient (Wildman–Crippen LogP) is 6.32. The highest BCUT2D eigenvalue weighted by Gasteiger charge is 2.27. The molecule has 3 heterocycles. The highest BCUT2D eigenvalue weighted by molar-refractivity contribution is 7.98. The zero-order chi connectivity index (χ0) is 25.2. The molecule has 1 N–H and O–H groups in total. The molecule has 1 aliphatic heterocycles. The van der Waals surface area contributed by atoms with Crippen LogP contribution in [0, 0.1) is 12.7 Å². The van der Waals surface area contributed by atoms with Gasteiger partial charge in [0.05, 0.1) is 35.7 Å². The number of pyridine rings is 1. The van der Waals surface area contributed by atoms with Crippen LogP contribution in [0.15, 0.2) is 65.7 Å².